The van der Waals surface area contributed by atoms with Gasteiger partial charge >= 0.3 is 0 Å². The maximum Gasteiger partial charge on any atom is 0.0543 e. The molecule has 0 aromatic heterocycles. The highest BCUT2D eigenvalue weighted by Crippen LogP contribution is 2.43. The Morgan fingerprint density at radius 3 is 2.27 bits per heavy atom. The molecule has 2 saturated carbocycles. The molecule has 2 aliphatic carbocycles. The Bertz CT molecular complexity index is 129. The first-order valence-corrected chi connectivity index (χ1v) is 5.04. The van der Waals surface area contributed by atoms with E-state index in [4.69, 9.17) is 0 Å². The second-order valence-corrected chi connectivity index (χ2v) is 4.27. The predicted octanol–water partition coefficient (Wildman–Crippen LogP) is 2.34. The topological polar surface area (TPSA) is 20.2 Å². The van der Waals surface area contributed by atoms with E-state index in [2.05, 4.69) is 0 Å². The molecule has 0 aliphatic heterocycles. The molecule has 1 N–H and O–H groups in total. The minimum Gasteiger partial charge on any atom is -0.393 e. The van der Waals surface area contributed by atoms with E-state index in [1.165, 1.54) is 32.1 Å². The second kappa shape index (κ2) is 3.14. The van der Waals surface area contributed by atoms with E-state index in [0.29, 0.717) is 0 Å². The van der Waals surface area contributed by atoms with Gasteiger partial charge in [-0.15, -0.1) is 0 Å². The lowest BCUT2D eigenvalue weighted by atomic mass is 9.94. The van der Waals surface area contributed by atoms with Crippen molar-refractivity contribution in [3.8, 4) is 0 Å². The van der Waals surface area contributed by atoms with Gasteiger partial charge in [0.2, 0.25) is 0 Å². The largest absolute Gasteiger partial charge is 0.393 e. The minimum absolute atomic E-state index is 0.0306. The highest BCUT2D eigenvalue weighted by Gasteiger charge is 2.32. The highest BCUT2D eigenvalue weighted by molar-refractivity contribution is 4.84. The molecular weight excluding hydrogens is 136 g/mol. The average Bonchev–Trinajstić information content (AvgIpc) is 2.71. The molecule has 64 valence electrons. The van der Waals surface area contributed by atoms with Crippen LogP contribution < -0.4 is 0 Å². The summed E-state index contributed by atoms with van der Waals surface area (Å²) in [6.45, 7) is 0. The van der Waals surface area contributed by atoms with Gasteiger partial charge in [-0.2, -0.15) is 0 Å². The molecule has 0 aromatic carbocycles. The first-order chi connectivity index (χ1) is 5.36. The SMILES string of the molecule is OC1CCCCC(C2CC2)C1. The maximum absolute atomic E-state index is 9.54. The fraction of sp³-hybridized carbons (Fsp3) is 1.00. The van der Waals surface area contributed by atoms with Crippen molar-refractivity contribution in [3.05, 3.63) is 0 Å². The van der Waals surface area contributed by atoms with Crippen LogP contribution in [0.3, 0.4) is 0 Å². The summed E-state index contributed by atoms with van der Waals surface area (Å²) in [7, 11) is 0. The lowest BCUT2D eigenvalue weighted by molar-refractivity contribution is 0.136. The quantitative estimate of drug-likeness (QED) is 0.575. The van der Waals surface area contributed by atoms with Crippen LogP contribution in [0.5, 0.6) is 0 Å². The van der Waals surface area contributed by atoms with E-state index in [1.807, 2.05) is 0 Å². The van der Waals surface area contributed by atoms with E-state index in [9.17, 15) is 5.11 Å². The molecule has 0 amide bonds. The summed E-state index contributed by atoms with van der Waals surface area (Å²) in [5.41, 5.74) is 0. The number of aliphatic hydroxyl groups is 1. The standard InChI is InChI=1S/C10H18O/c11-10-4-2-1-3-9(7-10)8-5-6-8/h8-11H,1-7H2. The van der Waals surface area contributed by atoms with E-state index >= 15 is 0 Å². The average molecular weight is 154 g/mol. The fourth-order valence-electron chi connectivity index (χ4n) is 2.37. The van der Waals surface area contributed by atoms with E-state index in [1.54, 1.807) is 0 Å². The third kappa shape index (κ3) is 1.96. The van der Waals surface area contributed by atoms with Gasteiger partial charge in [-0.25, -0.2) is 0 Å². The maximum atomic E-state index is 9.54. The number of rotatable bonds is 1. The molecule has 2 fully saturated rings. The van der Waals surface area contributed by atoms with Crippen LogP contribution in [0.4, 0.5) is 0 Å². The van der Waals surface area contributed by atoms with Crippen LogP contribution in [0.2, 0.25) is 0 Å². The first-order valence-electron chi connectivity index (χ1n) is 5.04. The summed E-state index contributed by atoms with van der Waals surface area (Å²) in [4.78, 5) is 0. The molecule has 0 aromatic rings. The van der Waals surface area contributed by atoms with Gasteiger partial charge in [0.05, 0.1) is 6.10 Å². The van der Waals surface area contributed by atoms with Crippen LogP contribution in [0.15, 0.2) is 0 Å². The smallest absolute Gasteiger partial charge is 0.0543 e. The zero-order valence-electron chi connectivity index (χ0n) is 7.13. The molecule has 0 spiro atoms. The minimum atomic E-state index is 0.0306. The van der Waals surface area contributed by atoms with E-state index < -0.39 is 0 Å². The zero-order chi connectivity index (χ0) is 7.68. The molecule has 11 heavy (non-hydrogen) atoms. The van der Waals surface area contributed by atoms with Crippen molar-refractivity contribution in [1.29, 1.82) is 0 Å². The van der Waals surface area contributed by atoms with Gasteiger partial charge in [0.25, 0.3) is 0 Å². The van der Waals surface area contributed by atoms with E-state index in [0.717, 1.165) is 24.7 Å². The van der Waals surface area contributed by atoms with Crippen molar-refractivity contribution in [1.82, 2.24) is 0 Å². The molecule has 2 rings (SSSR count). The lowest BCUT2D eigenvalue weighted by Gasteiger charge is -2.14. The Morgan fingerprint density at radius 1 is 0.818 bits per heavy atom. The van der Waals surface area contributed by atoms with Gasteiger partial charge in [-0.1, -0.05) is 19.3 Å². The summed E-state index contributed by atoms with van der Waals surface area (Å²) >= 11 is 0. The van der Waals surface area contributed by atoms with Crippen molar-refractivity contribution >= 4 is 0 Å². The fourth-order valence-corrected chi connectivity index (χ4v) is 2.37. The third-order valence-corrected chi connectivity index (χ3v) is 3.23. The van der Waals surface area contributed by atoms with Crippen LogP contribution in [-0.4, -0.2) is 11.2 Å². The Kier molecular flexibility index (Phi) is 2.17. The summed E-state index contributed by atoms with van der Waals surface area (Å²) in [6, 6.07) is 0. The summed E-state index contributed by atoms with van der Waals surface area (Å²) in [5, 5.41) is 9.54. The van der Waals surface area contributed by atoms with Crippen LogP contribution in [0.1, 0.15) is 44.9 Å². The molecule has 0 heterocycles. The molecule has 1 heteroatoms. The predicted molar refractivity (Wildman–Crippen MR) is 45.3 cm³/mol. The molecule has 0 saturated heterocycles. The van der Waals surface area contributed by atoms with Crippen LogP contribution in [0.25, 0.3) is 0 Å². The van der Waals surface area contributed by atoms with Crippen molar-refractivity contribution < 1.29 is 5.11 Å². The van der Waals surface area contributed by atoms with Gasteiger partial charge in [0, 0.05) is 0 Å². The highest BCUT2D eigenvalue weighted by atomic mass is 16.3. The van der Waals surface area contributed by atoms with Gasteiger partial charge in [0.15, 0.2) is 0 Å². The second-order valence-electron chi connectivity index (χ2n) is 4.27. The molecule has 0 bridgehead atoms. The number of aliphatic hydroxyl groups excluding tert-OH is 1. The van der Waals surface area contributed by atoms with Gasteiger partial charge < -0.3 is 5.11 Å². The normalized spacial score (nSPS) is 40.1. The number of hydrogen-bond acceptors (Lipinski definition) is 1. The summed E-state index contributed by atoms with van der Waals surface area (Å²) < 4.78 is 0. The van der Waals surface area contributed by atoms with E-state index in [-0.39, 0.29) is 6.10 Å². The van der Waals surface area contributed by atoms with Crippen molar-refractivity contribution in [2.45, 2.75) is 51.0 Å². The van der Waals surface area contributed by atoms with Gasteiger partial charge in [0.1, 0.15) is 0 Å². The Labute approximate surface area is 68.8 Å². The van der Waals surface area contributed by atoms with Crippen molar-refractivity contribution in [2.75, 3.05) is 0 Å². The van der Waals surface area contributed by atoms with Gasteiger partial charge in [-0.3, -0.25) is 0 Å². The summed E-state index contributed by atoms with van der Waals surface area (Å²) in [5.74, 6) is 1.88. The van der Waals surface area contributed by atoms with Gasteiger partial charge in [-0.05, 0) is 37.5 Å². The molecule has 2 unspecified atom stereocenters. The summed E-state index contributed by atoms with van der Waals surface area (Å²) in [6.07, 6.45) is 9.08. The zero-order valence-corrected chi connectivity index (χ0v) is 7.13. The molecular formula is C10H18O. The van der Waals surface area contributed by atoms with Crippen molar-refractivity contribution in [2.24, 2.45) is 11.8 Å². The Hall–Kier alpha value is -0.0400. The first kappa shape index (κ1) is 7.60. The third-order valence-electron chi connectivity index (χ3n) is 3.23. The monoisotopic (exact) mass is 154 g/mol. The number of hydrogen-bond donors (Lipinski definition) is 1. The van der Waals surface area contributed by atoms with Crippen LogP contribution >= 0.6 is 0 Å². The molecule has 1 nitrogen and oxygen atoms in total. The van der Waals surface area contributed by atoms with Crippen molar-refractivity contribution in [3.63, 3.8) is 0 Å². The lowest BCUT2D eigenvalue weighted by Crippen LogP contribution is -2.11. The molecule has 0 radical (unpaired) electrons. The molecule has 2 aliphatic rings. The molecule has 2 atom stereocenters. The Balaban J connectivity index is 1.86. The van der Waals surface area contributed by atoms with Crippen LogP contribution in [0, 0.1) is 11.8 Å². The Morgan fingerprint density at radius 2 is 1.55 bits per heavy atom. The van der Waals surface area contributed by atoms with Crippen LogP contribution in [-0.2, 0) is 0 Å².